The molecule has 2 heterocycles. The second-order valence-corrected chi connectivity index (χ2v) is 7.40. The third kappa shape index (κ3) is 5.13. The number of hydrogen-bond donors (Lipinski definition) is 1. The summed E-state index contributed by atoms with van der Waals surface area (Å²) in [7, 11) is 0. The summed E-state index contributed by atoms with van der Waals surface area (Å²) >= 11 is 0. The summed E-state index contributed by atoms with van der Waals surface area (Å²) in [5.41, 5.74) is 3.03. The van der Waals surface area contributed by atoms with Gasteiger partial charge in [0, 0.05) is 25.7 Å². The topological polar surface area (TPSA) is 54.7 Å². The number of ether oxygens (including phenoxy) is 1. The number of carbonyl (C=O) groups is 1. The molecule has 0 radical (unpaired) electrons. The molecule has 1 aliphatic rings. The second kappa shape index (κ2) is 9.09. The van der Waals surface area contributed by atoms with Gasteiger partial charge in [-0.25, -0.2) is 0 Å². The van der Waals surface area contributed by atoms with Crippen LogP contribution in [0.3, 0.4) is 0 Å². The first-order valence-corrected chi connectivity index (χ1v) is 9.81. The van der Waals surface area contributed by atoms with Crippen molar-refractivity contribution >= 4 is 5.91 Å². The standard InChI is InChI=1S/C22H30N2O3/c1-16-6-4-7-17(2)21(16)27-14-5-11-24-12-8-19(9-13-24)23-22(25)20-10-15-26-18(20)3/h4,6-7,10,15,19H,5,8-9,11-14H2,1-3H3,(H,23,25). The van der Waals surface area contributed by atoms with E-state index < -0.39 is 0 Å². The SMILES string of the molecule is Cc1cccc(C)c1OCCCN1CCC(NC(=O)c2ccoc2C)CC1. The molecule has 0 bridgehead atoms. The van der Waals surface area contributed by atoms with Crippen LogP contribution in [0.25, 0.3) is 0 Å². The van der Waals surface area contributed by atoms with E-state index in [1.54, 1.807) is 12.3 Å². The third-order valence-corrected chi connectivity index (χ3v) is 5.30. The average Bonchev–Trinajstić information content (AvgIpc) is 3.08. The smallest absolute Gasteiger partial charge is 0.255 e. The third-order valence-electron chi connectivity index (χ3n) is 5.30. The Bertz CT molecular complexity index is 740. The number of amides is 1. The van der Waals surface area contributed by atoms with Gasteiger partial charge in [-0.2, -0.15) is 0 Å². The van der Waals surface area contributed by atoms with E-state index in [2.05, 4.69) is 42.3 Å². The lowest BCUT2D eigenvalue weighted by atomic mass is 10.0. The average molecular weight is 370 g/mol. The number of furan rings is 1. The molecule has 5 nitrogen and oxygen atoms in total. The van der Waals surface area contributed by atoms with E-state index in [0.29, 0.717) is 11.3 Å². The number of benzene rings is 1. The molecule has 1 saturated heterocycles. The maximum atomic E-state index is 12.3. The molecule has 1 aromatic heterocycles. The van der Waals surface area contributed by atoms with E-state index in [1.807, 2.05) is 6.92 Å². The van der Waals surface area contributed by atoms with Crippen LogP contribution < -0.4 is 10.1 Å². The zero-order valence-electron chi connectivity index (χ0n) is 16.6. The number of nitrogens with zero attached hydrogens (tertiary/aromatic N) is 1. The van der Waals surface area contributed by atoms with E-state index in [1.165, 1.54) is 11.1 Å². The van der Waals surface area contributed by atoms with Crippen LogP contribution in [0.2, 0.25) is 0 Å². The number of hydrogen-bond acceptors (Lipinski definition) is 4. The number of rotatable bonds is 7. The van der Waals surface area contributed by atoms with Gasteiger partial charge in [-0.15, -0.1) is 0 Å². The molecule has 0 atom stereocenters. The van der Waals surface area contributed by atoms with Crippen molar-refractivity contribution in [2.24, 2.45) is 0 Å². The molecule has 5 heteroatoms. The Hall–Kier alpha value is -2.27. The molecule has 0 unspecified atom stereocenters. The van der Waals surface area contributed by atoms with Crippen molar-refractivity contribution in [2.45, 2.75) is 46.1 Å². The molecule has 27 heavy (non-hydrogen) atoms. The van der Waals surface area contributed by atoms with Crippen LogP contribution in [0.15, 0.2) is 34.9 Å². The molecular weight excluding hydrogens is 340 g/mol. The molecule has 3 rings (SSSR count). The van der Waals surface area contributed by atoms with Gasteiger partial charge in [0.2, 0.25) is 0 Å². The lowest BCUT2D eigenvalue weighted by Gasteiger charge is -2.32. The summed E-state index contributed by atoms with van der Waals surface area (Å²) < 4.78 is 11.2. The van der Waals surface area contributed by atoms with Crippen molar-refractivity contribution in [1.29, 1.82) is 0 Å². The lowest BCUT2D eigenvalue weighted by molar-refractivity contribution is 0.0908. The van der Waals surface area contributed by atoms with E-state index in [0.717, 1.165) is 51.3 Å². The monoisotopic (exact) mass is 370 g/mol. The molecule has 0 aliphatic carbocycles. The van der Waals surface area contributed by atoms with Crippen molar-refractivity contribution in [1.82, 2.24) is 10.2 Å². The molecule has 1 aliphatic heterocycles. The minimum atomic E-state index is -0.0262. The van der Waals surface area contributed by atoms with Crippen LogP contribution in [0.4, 0.5) is 0 Å². The molecule has 1 amide bonds. The molecule has 0 spiro atoms. The predicted octanol–water partition coefficient (Wildman–Crippen LogP) is 3.87. The lowest BCUT2D eigenvalue weighted by Crippen LogP contribution is -2.45. The summed E-state index contributed by atoms with van der Waals surface area (Å²) in [6.07, 6.45) is 4.55. The first-order chi connectivity index (χ1) is 13.0. The highest BCUT2D eigenvalue weighted by molar-refractivity contribution is 5.95. The first-order valence-electron chi connectivity index (χ1n) is 9.81. The fourth-order valence-corrected chi connectivity index (χ4v) is 3.67. The van der Waals surface area contributed by atoms with Crippen LogP contribution in [0.1, 0.15) is 46.5 Å². The van der Waals surface area contributed by atoms with Gasteiger partial charge in [0.15, 0.2) is 0 Å². The number of piperidine rings is 1. The normalized spacial score (nSPS) is 15.7. The maximum Gasteiger partial charge on any atom is 0.255 e. The zero-order valence-corrected chi connectivity index (χ0v) is 16.6. The summed E-state index contributed by atoms with van der Waals surface area (Å²) in [4.78, 5) is 14.7. The molecule has 1 aromatic carbocycles. The van der Waals surface area contributed by atoms with Crippen molar-refractivity contribution in [3.63, 3.8) is 0 Å². The van der Waals surface area contributed by atoms with E-state index in [9.17, 15) is 4.79 Å². The van der Waals surface area contributed by atoms with Crippen LogP contribution in [-0.2, 0) is 0 Å². The van der Waals surface area contributed by atoms with Crippen molar-refractivity contribution in [2.75, 3.05) is 26.2 Å². The highest BCUT2D eigenvalue weighted by atomic mass is 16.5. The largest absolute Gasteiger partial charge is 0.493 e. The van der Waals surface area contributed by atoms with Crippen molar-refractivity contribution in [3.05, 3.63) is 53.0 Å². The van der Waals surface area contributed by atoms with Gasteiger partial charge < -0.3 is 19.4 Å². The Morgan fingerprint density at radius 1 is 1.19 bits per heavy atom. The maximum absolute atomic E-state index is 12.3. The highest BCUT2D eigenvalue weighted by Crippen LogP contribution is 2.22. The molecule has 0 saturated carbocycles. The fourth-order valence-electron chi connectivity index (χ4n) is 3.67. The van der Waals surface area contributed by atoms with E-state index in [-0.39, 0.29) is 11.9 Å². The number of aryl methyl sites for hydroxylation is 3. The van der Waals surface area contributed by atoms with Crippen LogP contribution in [0.5, 0.6) is 5.75 Å². The van der Waals surface area contributed by atoms with Gasteiger partial charge in [-0.05, 0) is 57.2 Å². The molecule has 1 fully saturated rings. The van der Waals surface area contributed by atoms with Crippen LogP contribution >= 0.6 is 0 Å². The number of carbonyl (C=O) groups excluding carboxylic acids is 1. The van der Waals surface area contributed by atoms with Gasteiger partial charge in [0.05, 0.1) is 18.4 Å². The Labute approximate surface area is 161 Å². The van der Waals surface area contributed by atoms with Gasteiger partial charge in [-0.3, -0.25) is 4.79 Å². The fraction of sp³-hybridized carbons (Fsp3) is 0.500. The quantitative estimate of drug-likeness (QED) is 0.752. The minimum Gasteiger partial charge on any atom is -0.493 e. The van der Waals surface area contributed by atoms with E-state index >= 15 is 0 Å². The Balaban J connectivity index is 1.35. The Morgan fingerprint density at radius 2 is 1.89 bits per heavy atom. The molecule has 1 N–H and O–H groups in total. The highest BCUT2D eigenvalue weighted by Gasteiger charge is 2.22. The van der Waals surface area contributed by atoms with Crippen LogP contribution in [0, 0.1) is 20.8 Å². The summed E-state index contributed by atoms with van der Waals surface area (Å²) in [5, 5.41) is 3.13. The van der Waals surface area contributed by atoms with E-state index in [4.69, 9.17) is 9.15 Å². The zero-order chi connectivity index (χ0) is 19.2. The second-order valence-electron chi connectivity index (χ2n) is 7.40. The summed E-state index contributed by atoms with van der Waals surface area (Å²) in [5.74, 6) is 1.67. The first kappa shape index (κ1) is 19.5. The van der Waals surface area contributed by atoms with Gasteiger partial charge in [0.1, 0.15) is 11.5 Å². The summed E-state index contributed by atoms with van der Waals surface area (Å²) in [6.45, 7) is 9.79. The van der Waals surface area contributed by atoms with Crippen molar-refractivity contribution in [3.8, 4) is 5.75 Å². The Morgan fingerprint density at radius 3 is 2.52 bits per heavy atom. The minimum absolute atomic E-state index is 0.0262. The molecule has 146 valence electrons. The van der Waals surface area contributed by atoms with Crippen LogP contribution in [-0.4, -0.2) is 43.1 Å². The number of para-hydroxylation sites is 1. The number of likely N-dealkylation sites (tertiary alicyclic amines) is 1. The molecule has 2 aromatic rings. The van der Waals surface area contributed by atoms with Gasteiger partial charge in [0.25, 0.3) is 5.91 Å². The van der Waals surface area contributed by atoms with Gasteiger partial charge in [-0.1, -0.05) is 18.2 Å². The van der Waals surface area contributed by atoms with Gasteiger partial charge >= 0.3 is 0 Å². The molecular formula is C22H30N2O3. The Kier molecular flexibility index (Phi) is 6.56. The summed E-state index contributed by atoms with van der Waals surface area (Å²) in [6, 6.07) is 8.22. The number of nitrogens with one attached hydrogen (secondary N) is 1. The van der Waals surface area contributed by atoms with Crippen molar-refractivity contribution < 1.29 is 13.9 Å². The predicted molar refractivity (Wildman–Crippen MR) is 106 cm³/mol.